The Kier molecular flexibility index (Phi) is 6.02. The van der Waals surface area contributed by atoms with Crippen LogP contribution in [-0.4, -0.2) is 58.3 Å². The number of halogens is 1. The van der Waals surface area contributed by atoms with Crippen molar-refractivity contribution in [3.8, 4) is 17.0 Å². The van der Waals surface area contributed by atoms with E-state index >= 15 is 0 Å². The molecule has 2 aromatic heterocycles. The summed E-state index contributed by atoms with van der Waals surface area (Å²) in [6, 6.07) is 10.6. The van der Waals surface area contributed by atoms with Crippen molar-refractivity contribution < 1.29 is 28.5 Å². The molecule has 6 rings (SSSR count). The highest BCUT2D eigenvalue weighted by Gasteiger charge is 2.34. The topological polar surface area (TPSA) is 107 Å². The molecule has 0 radical (unpaired) electrons. The van der Waals surface area contributed by atoms with Crippen LogP contribution in [0.3, 0.4) is 0 Å². The number of H-pyrrole nitrogens is 1. The molecule has 36 heavy (non-hydrogen) atoms. The molecule has 0 amide bonds. The standard InChI is InChI=1S/C27H26FN3O5/c28-18-3-1-15(2-4-18)25-21-9-17-13-29-31-23(17)12-22(21)27(30-26(25)16-5-7-34-8-6-16)36-20-10-19(11-20)35-14-24(32)33/h1-4,9,12-13,16,19-20H,5-8,10-11,14H2,(H,29,31)(H,32,33). The first-order chi connectivity index (χ1) is 17.5. The molecular weight excluding hydrogens is 465 g/mol. The molecular formula is C27H26FN3O5. The van der Waals surface area contributed by atoms with E-state index in [9.17, 15) is 9.18 Å². The fraction of sp³-hybridized carbons (Fsp3) is 0.370. The van der Waals surface area contributed by atoms with E-state index in [1.807, 2.05) is 6.07 Å². The van der Waals surface area contributed by atoms with Crippen molar-refractivity contribution in [2.45, 2.75) is 43.8 Å². The van der Waals surface area contributed by atoms with E-state index in [2.05, 4.69) is 16.3 Å². The van der Waals surface area contributed by atoms with E-state index in [0.717, 1.165) is 51.3 Å². The van der Waals surface area contributed by atoms with Gasteiger partial charge in [-0.25, -0.2) is 14.2 Å². The summed E-state index contributed by atoms with van der Waals surface area (Å²) < 4.78 is 31.2. The van der Waals surface area contributed by atoms with Gasteiger partial charge < -0.3 is 19.3 Å². The SMILES string of the molecule is O=C(O)COC1CC(Oc2nc(C3CCOCC3)c(-c3ccc(F)cc3)c3cc4cn[nH]c4cc23)C1. The molecule has 9 heteroatoms. The third-order valence-corrected chi connectivity index (χ3v) is 7.07. The zero-order chi connectivity index (χ0) is 24.6. The number of hydrogen-bond acceptors (Lipinski definition) is 6. The van der Waals surface area contributed by atoms with Crippen LogP contribution in [0.5, 0.6) is 5.88 Å². The second-order valence-corrected chi connectivity index (χ2v) is 9.46. The first-order valence-electron chi connectivity index (χ1n) is 12.2. The molecule has 0 spiro atoms. The number of nitrogens with one attached hydrogen (secondary N) is 1. The first-order valence-corrected chi connectivity index (χ1v) is 12.2. The number of nitrogens with zero attached hydrogens (tertiary/aromatic N) is 2. The van der Waals surface area contributed by atoms with Gasteiger partial charge in [0.1, 0.15) is 18.5 Å². The highest BCUT2D eigenvalue weighted by molar-refractivity contribution is 6.06. The molecule has 2 N–H and O–H groups in total. The Balaban J connectivity index is 1.46. The van der Waals surface area contributed by atoms with Crippen molar-refractivity contribution in [2.24, 2.45) is 0 Å². The number of pyridine rings is 1. The van der Waals surface area contributed by atoms with Gasteiger partial charge in [-0.3, -0.25) is 5.10 Å². The van der Waals surface area contributed by atoms with Crippen molar-refractivity contribution in [2.75, 3.05) is 19.8 Å². The maximum atomic E-state index is 13.8. The fourth-order valence-corrected chi connectivity index (χ4v) is 5.11. The monoisotopic (exact) mass is 491 g/mol. The maximum Gasteiger partial charge on any atom is 0.329 e. The Bertz CT molecular complexity index is 1410. The van der Waals surface area contributed by atoms with Crippen LogP contribution in [-0.2, 0) is 14.3 Å². The Morgan fingerprint density at radius 1 is 1.11 bits per heavy atom. The lowest BCUT2D eigenvalue weighted by Gasteiger charge is -2.35. The lowest BCUT2D eigenvalue weighted by molar-refractivity contribution is -0.149. The summed E-state index contributed by atoms with van der Waals surface area (Å²) in [5.74, 6) is -0.548. The minimum absolute atomic E-state index is 0.115. The Labute approximate surface area is 206 Å². The molecule has 4 aromatic rings. The normalized spacial score (nSPS) is 20.5. The molecule has 0 bridgehead atoms. The van der Waals surface area contributed by atoms with Gasteiger partial charge in [-0.1, -0.05) is 12.1 Å². The first kappa shape index (κ1) is 22.9. The van der Waals surface area contributed by atoms with Crippen LogP contribution in [0.25, 0.3) is 32.8 Å². The molecule has 0 unspecified atom stereocenters. The van der Waals surface area contributed by atoms with Crippen LogP contribution in [0.4, 0.5) is 4.39 Å². The Morgan fingerprint density at radius 3 is 2.64 bits per heavy atom. The number of aromatic amines is 1. The number of ether oxygens (including phenoxy) is 3. The molecule has 8 nitrogen and oxygen atoms in total. The van der Waals surface area contributed by atoms with Crippen molar-refractivity contribution >= 4 is 27.6 Å². The minimum Gasteiger partial charge on any atom is -0.480 e. The second-order valence-electron chi connectivity index (χ2n) is 9.46. The van der Waals surface area contributed by atoms with Crippen LogP contribution in [0.1, 0.15) is 37.3 Å². The second kappa shape index (κ2) is 9.48. The Hall–Kier alpha value is -3.56. The van der Waals surface area contributed by atoms with Crippen LogP contribution < -0.4 is 4.74 Å². The molecule has 1 saturated heterocycles. The van der Waals surface area contributed by atoms with Gasteiger partial charge in [0.25, 0.3) is 0 Å². The zero-order valence-corrected chi connectivity index (χ0v) is 19.6. The minimum atomic E-state index is -0.979. The van der Waals surface area contributed by atoms with Crippen LogP contribution in [0, 0.1) is 5.82 Å². The number of fused-ring (bicyclic) bond motifs is 2. The summed E-state index contributed by atoms with van der Waals surface area (Å²) >= 11 is 0. The smallest absolute Gasteiger partial charge is 0.329 e. The number of rotatable bonds is 7. The third kappa shape index (κ3) is 4.40. The van der Waals surface area contributed by atoms with Crippen molar-refractivity contribution in [1.82, 2.24) is 15.2 Å². The molecule has 3 heterocycles. The average Bonchev–Trinajstić information content (AvgIpc) is 3.32. The average molecular weight is 492 g/mol. The summed E-state index contributed by atoms with van der Waals surface area (Å²) in [5.41, 5.74) is 3.67. The van der Waals surface area contributed by atoms with E-state index < -0.39 is 5.97 Å². The molecule has 1 aliphatic carbocycles. The highest BCUT2D eigenvalue weighted by Crippen LogP contribution is 2.43. The van der Waals surface area contributed by atoms with Gasteiger partial charge in [0.2, 0.25) is 5.88 Å². The van der Waals surface area contributed by atoms with Gasteiger partial charge in [-0.15, -0.1) is 0 Å². The predicted octanol–water partition coefficient (Wildman–Crippen LogP) is 4.82. The van der Waals surface area contributed by atoms with Crippen LogP contribution in [0.15, 0.2) is 42.6 Å². The van der Waals surface area contributed by atoms with E-state index in [1.165, 1.54) is 12.1 Å². The summed E-state index contributed by atoms with van der Waals surface area (Å²) in [6.07, 6.45) is 4.43. The van der Waals surface area contributed by atoms with Gasteiger partial charge in [-0.05, 0) is 48.1 Å². The molecule has 1 aliphatic heterocycles. The number of carboxylic acids is 1. The molecule has 0 atom stereocenters. The number of benzene rings is 2. The number of aliphatic carboxylic acids is 1. The lowest BCUT2D eigenvalue weighted by Crippen LogP contribution is -2.40. The summed E-state index contributed by atoms with van der Waals surface area (Å²) in [6.45, 7) is 1.02. The number of hydrogen-bond donors (Lipinski definition) is 2. The number of carboxylic acid groups (broad SMARTS) is 1. The van der Waals surface area contributed by atoms with Gasteiger partial charge in [0, 0.05) is 48.3 Å². The molecule has 2 fully saturated rings. The van der Waals surface area contributed by atoms with E-state index in [-0.39, 0.29) is 30.5 Å². The quantitative estimate of drug-likeness (QED) is 0.382. The largest absolute Gasteiger partial charge is 0.480 e. The lowest BCUT2D eigenvalue weighted by atomic mass is 9.87. The fourth-order valence-electron chi connectivity index (χ4n) is 5.11. The predicted molar refractivity (Wildman–Crippen MR) is 131 cm³/mol. The van der Waals surface area contributed by atoms with Crippen LogP contribution in [0.2, 0.25) is 0 Å². The molecule has 2 aliphatic rings. The summed E-state index contributed by atoms with van der Waals surface area (Å²) in [4.78, 5) is 15.9. The van der Waals surface area contributed by atoms with Gasteiger partial charge in [0.05, 0.1) is 23.5 Å². The van der Waals surface area contributed by atoms with E-state index in [0.29, 0.717) is 31.9 Å². The van der Waals surface area contributed by atoms with Gasteiger partial charge in [0.15, 0.2) is 0 Å². The van der Waals surface area contributed by atoms with E-state index in [4.69, 9.17) is 24.3 Å². The molecule has 1 saturated carbocycles. The van der Waals surface area contributed by atoms with Crippen molar-refractivity contribution in [3.05, 3.63) is 54.1 Å². The molecule has 186 valence electrons. The zero-order valence-electron chi connectivity index (χ0n) is 19.6. The number of aromatic nitrogens is 3. The van der Waals surface area contributed by atoms with Gasteiger partial charge in [-0.2, -0.15) is 5.10 Å². The van der Waals surface area contributed by atoms with Crippen LogP contribution >= 0.6 is 0 Å². The summed E-state index contributed by atoms with van der Waals surface area (Å²) in [5, 5.41) is 18.9. The maximum absolute atomic E-state index is 13.8. The highest BCUT2D eigenvalue weighted by atomic mass is 19.1. The third-order valence-electron chi connectivity index (χ3n) is 7.07. The van der Waals surface area contributed by atoms with Crippen molar-refractivity contribution in [3.63, 3.8) is 0 Å². The van der Waals surface area contributed by atoms with E-state index in [1.54, 1.807) is 18.3 Å². The Morgan fingerprint density at radius 2 is 1.89 bits per heavy atom. The van der Waals surface area contributed by atoms with Crippen molar-refractivity contribution in [1.29, 1.82) is 0 Å². The molecule has 2 aromatic carbocycles. The summed E-state index contributed by atoms with van der Waals surface area (Å²) in [7, 11) is 0. The van der Waals surface area contributed by atoms with Gasteiger partial charge >= 0.3 is 5.97 Å². The number of carbonyl (C=O) groups is 1.